The van der Waals surface area contributed by atoms with Gasteiger partial charge in [0, 0.05) is 50.6 Å². The molecule has 0 N–H and O–H groups in total. The van der Waals surface area contributed by atoms with Gasteiger partial charge in [-0.1, -0.05) is 153 Å². The summed E-state index contributed by atoms with van der Waals surface area (Å²) in [7, 11) is 2.21. The van der Waals surface area contributed by atoms with Crippen LogP contribution in [0.1, 0.15) is 38.5 Å². The van der Waals surface area contributed by atoms with Crippen LogP contribution >= 0.6 is 0 Å². The third kappa shape index (κ3) is 5.46. The fourth-order valence-electron chi connectivity index (χ4n) is 11.1. The van der Waals surface area contributed by atoms with Crippen LogP contribution in [0.3, 0.4) is 0 Å². The molecule has 0 bridgehead atoms. The number of para-hydroxylation sites is 3. The van der Waals surface area contributed by atoms with E-state index in [2.05, 4.69) is 217 Å². The first-order valence-corrected chi connectivity index (χ1v) is 22.7. The maximum absolute atomic E-state index is 6.96. The maximum Gasteiger partial charge on any atom is 0.203 e. The van der Waals surface area contributed by atoms with Crippen molar-refractivity contribution in [2.75, 3.05) is 7.05 Å². The van der Waals surface area contributed by atoms with E-state index in [-0.39, 0.29) is 6.29 Å². The number of hydrogen-bond acceptors (Lipinski definition) is 3. The van der Waals surface area contributed by atoms with Crippen LogP contribution in [0, 0.1) is 11.8 Å². The quantitative estimate of drug-likeness (QED) is 0.173. The Morgan fingerprint density at radius 3 is 2.16 bits per heavy atom. The van der Waals surface area contributed by atoms with E-state index in [4.69, 9.17) is 9.41 Å². The molecule has 0 fully saturated rings. The molecule has 5 heteroatoms. The molecule has 10 aromatic rings. The van der Waals surface area contributed by atoms with Crippen molar-refractivity contribution in [3.8, 4) is 22.3 Å². The van der Waals surface area contributed by atoms with Crippen molar-refractivity contribution in [3.63, 3.8) is 0 Å². The fraction of sp³-hybridized carbons (Fsp3) is 0.136. The van der Waals surface area contributed by atoms with E-state index in [0.29, 0.717) is 11.8 Å². The predicted octanol–water partition coefficient (Wildman–Crippen LogP) is 15.4. The van der Waals surface area contributed by atoms with Gasteiger partial charge in [0.1, 0.15) is 5.58 Å². The minimum absolute atomic E-state index is 0.347. The number of fused-ring (bicyclic) bond motifs is 11. The summed E-state index contributed by atoms with van der Waals surface area (Å²) in [5, 5.41) is 7.12. The smallest absolute Gasteiger partial charge is 0.203 e. The monoisotopic (exact) mass is 826 g/mol. The molecule has 0 amide bonds. The Balaban J connectivity index is 1.02. The van der Waals surface area contributed by atoms with E-state index in [0.717, 1.165) is 57.1 Å². The summed E-state index contributed by atoms with van der Waals surface area (Å²) >= 11 is 0. The van der Waals surface area contributed by atoms with Crippen molar-refractivity contribution in [1.82, 2.24) is 14.0 Å². The van der Waals surface area contributed by atoms with Crippen LogP contribution in [0.5, 0.6) is 0 Å². The average molecular weight is 827 g/mol. The average Bonchev–Trinajstić information content (AvgIpc) is 3.99. The third-order valence-corrected chi connectivity index (χ3v) is 14.1. The summed E-state index contributed by atoms with van der Waals surface area (Å²) in [6, 6.07) is 55.5. The zero-order chi connectivity index (χ0) is 42.6. The molecule has 2 aliphatic carbocycles. The Kier molecular flexibility index (Phi) is 8.20. The van der Waals surface area contributed by atoms with Crippen LogP contribution in [0.2, 0.25) is 0 Å². The Hall–Kier alpha value is -7.63. The Bertz CT molecular complexity index is 3720. The van der Waals surface area contributed by atoms with Crippen molar-refractivity contribution in [2.24, 2.45) is 16.8 Å². The number of furan rings is 1. The molecule has 3 aliphatic rings. The van der Waals surface area contributed by atoms with Gasteiger partial charge in [0.05, 0.1) is 33.5 Å². The van der Waals surface area contributed by atoms with Crippen LogP contribution in [0.4, 0.5) is 0 Å². The predicted molar refractivity (Wildman–Crippen MR) is 268 cm³/mol. The highest BCUT2D eigenvalue weighted by atomic mass is 16.3. The highest BCUT2D eigenvalue weighted by Crippen LogP contribution is 2.48. The summed E-state index contributed by atoms with van der Waals surface area (Å²) < 4.78 is 11.9. The maximum atomic E-state index is 6.96. The highest BCUT2D eigenvalue weighted by Gasteiger charge is 2.35. The second-order valence-corrected chi connectivity index (χ2v) is 18.0. The summed E-state index contributed by atoms with van der Waals surface area (Å²) in [4.78, 5) is 8.04. The summed E-state index contributed by atoms with van der Waals surface area (Å²) in [5.74, 6) is 0.845. The first-order valence-electron chi connectivity index (χ1n) is 22.7. The van der Waals surface area contributed by atoms with E-state index in [1.165, 1.54) is 71.8 Å². The first kappa shape index (κ1) is 37.0. The van der Waals surface area contributed by atoms with E-state index in [1.807, 2.05) is 0 Å². The van der Waals surface area contributed by atoms with Crippen LogP contribution in [-0.4, -0.2) is 26.8 Å². The van der Waals surface area contributed by atoms with Gasteiger partial charge in [0.15, 0.2) is 5.58 Å². The lowest BCUT2D eigenvalue weighted by molar-refractivity contribution is 0.278. The lowest BCUT2D eigenvalue weighted by Crippen LogP contribution is -2.35. The Morgan fingerprint density at radius 1 is 0.625 bits per heavy atom. The molecule has 4 heterocycles. The molecule has 0 spiro atoms. The molecular weight excluding hydrogens is 781 g/mol. The van der Waals surface area contributed by atoms with Gasteiger partial charge in [-0.25, -0.2) is 4.99 Å². The van der Waals surface area contributed by atoms with E-state index in [9.17, 15) is 0 Å². The molecule has 5 nitrogen and oxygen atoms in total. The summed E-state index contributed by atoms with van der Waals surface area (Å²) in [6.07, 6.45) is 13.0. The first-order chi connectivity index (χ1) is 31.5. The van der Waals surface area contributed by atoms with Gasteiger partial charge in [0.2, 0.25) is 6.29 Å². The number of hydrogen-bond donors (Lipinski definition) is 0. The molecule has 7 aromatic carbocycles. The molecule has 0 saturated carbocycles. The van der Waals surface area contributed by atoms with Crippen molar-refractivity contribution >= 4 is 82.7 Å². The van der Waals surface area contributed by atoms with Gasteiger partial charge in [-0.15, -0.1) is 0 Å². The molecular formula is C59H46N4O. The Morgan fingerprint density at radius 2 is 1.33 bits per heavy atom. The second-order valence-electron chi connectivity index (χ2n) is 18.0. The number of benzene rings is 7. The molecule has 64 heavy (non-hydrogen) atoms. The number of rotatable bonds is 5. The minimum Gasteiger partial charge on any atom is -0.454 e. The normalized spacial score (nSPS) is 18.9. The highest BCUT2D eigenvalue weighted by molar-refractivity contribution is 6.26. The van der Waals surface area contributed by atoms with E-state index < -0.39 is 0 Å². The second kappa shape index (κ2) is 14.2. The largest absolute Gasteiger partial charge is 0.454 e. The molecule has 1 aliphatic heterocycles. The number of aromatic nitrogens is 2. The zero-order valence-corrected chi connectivity index (χ0v) is 36.2. The number of allylic oxidation sites excluding steroid dienone is 7. The lowest BCUT2D eigenvalue weighted by Gasteiger charge is -2.39. The standard InChI is InChI=1S/C59H46N4O/c1-36-15-13-19-42(33-36)62-50-24-10-7-20-43(50)44-32-31-41(34-52(44)62)38-27-29-39(30-28-38)47-35-48-45-21-9-12-26-53(45)64-58(48)57-55(47)46-22-8-11-25-51(46)63(57)59-60-49-23-14-16-37(2)54(49)56(61(59)3)40-17-5-4-6-18-40/h4-15,17-32,34-37,59H,16,33H2,1-3H3. The van der Waals surface area contributed by atoms with Crippen LogP contribution < -0.4 is 0 Å². The molecule has 0 saturated heterocycles. The van der Waals surface area contributed by atoms with Crippen LogP contribution in [0.15, 0.2) is 197 Å². The SMILES string of the molecule is CC1C=CC=C(n2c3ccccc3c3ccc(-c4ccc(-c5cc6c7ccccc7oc6c6c5c5ccccc5n6C5N=C6C=CCC(C)C6=C(c6ccccc6)N5C)cc4)cc32)C1. The van der Waals surface area contributed by atoms with Gasteiger partial charge in [-0.3, -0.25) is 4.57 Å². The third-order valence-electron chi connectivity index (χ3n) is 14.1. The number of aliphatic imine (C=N–C) groups is 1. The lowest BCUT2D eigenvalue weighted by atomic mass is 9.84. The molecule has 308 valence electrons. The molecule has 3 atom stereocenters. The van der Waals surface area contributed by atoms with Gasteiger partial charge >= 0.3 is 0 Å². The summed E-state index contributed by atoms with van der Waals surface area (Å²) in [6.45, 7) is 4.63. The fourth-order valence-corrected chi connectivity index (χ4v) is 11.1. The van der Waals surface area contributed by atoms with Crippen molar-refractivity contribution < 1.29 is 4.42 Å². The van der Waals surface area contributed by atoms with Crippen molar-refractivity contribution in [3.05, 3.63) is 193 Å². The zero-order valence-electron chi connectivity index (χ0n) is 36.2. The van der Waals surface area contributed by atoms with Gasteiger partial charge in [0.25, 0.3) is 0 Å². The van der Waals surface area contributed by atoms with Crippen LogP contribution in [0.25, 0.3) is 99.2 Å². The van der Waals surface area contributed by atoms with Crippen LogP contribution in [-0.2, 0) is 0 Å². The topological polar surface area (TPSA) is 38.6 Å². The summed E-state index contributed by atoms with van der Waals surface area (Å²) in [5.41, 5.74) is 17.3. The van der Waals surface area contributed by atoms with Crippen molar-refractivity contribution in [2.45, 2.75) is 33.0 Å². The molecule has 13 rings (SSSR count). The minimum atomic E-state index is -0.366. The van der Waals surface area contributed by atoms with Gasteiger partial charge in [-0.05, 0) is 95.0 Å². The van der Waals surface area contributed by atoms with E-state index in [1.54, 1.807) is 0 Å². The number of nitrogens with zero attached hydrogens (tertiary/aromatic N) is 4. The molecule has 0 radical (unpaired) electrons. The van der Waals surface area contributed by atoms with Crippen molar-refractivity contribution in [1.29, 1.82) is 0 Å². The van der Waals surface area contributed by atoms with E-state index >= 15 is 0 Å². The van der Waals surface area contributed by atoms with Gasteiger partial charge in [-0.2, -0.15) is 0 Å². The molecule has 3 unspecified atom stereocenters. The molecule has 3 aromatic heterocycles. The Labute approximate surface area is 371 Å². The van der Waals surface area contributed by atoms with Gasteiger partial charge < -0.3 is 13.9 Å².